The number of ether oxygens (including phenoxy) is 2. The molecule has 0 saturated heterocycles. The lowest BCUT2D eigenvalue weighted by molar-refractivity contribution is -0.274. The van der Waals surface area contributed by atoms with E-state index in [0.717, 1.165) is 23.2 Å². The van der Waals surface area contributed by atoms with Crippen molar-refractivity contribution in [2.24, 2.45) is 9.98 Å². The van der Waals surface area contributed by atoms with Crippen molar-refractivity contribution in [2.45, 2.75) is 39.2 Å². The summed E-state index contributed by atoms with van der Waals surface area (Å²) in [7, 11) is 1.58. The fourth-order valence-corrected chi connectivity index (χ4v) is 5.42. The Labute approximate surface area is 265 Å². The number of halogens is 4. The second-order valence-electron chi connectivity index (χ2n) is 10.3. The van der Waals surface area contributed by atoms with Crippen molar-refractivity contribution in [1.29, 1.82) is 0 Å². The number of urea groups is 1. The van der Waals surface area contributed by atoms with Crippen LogP contribution >= 0.6 is 11.3 Å². The number of aryl methyl sites for hydroxylation is 1. The average molecular weight is 653 g/mol. The van der Waals surface area contributed by atoms with E-state index >= 15 is 4.39 Å². The number of hydrogen-bond donors (Lipinski definition) is 0. The van der Waals surface area contributed by atoms with Gasteiger partial charge in [0, 0.05) is 28.9 Å². The molecule has 0 N–H and O–H groups in total. The number of aromatic nitrogens is 4. The first kappa shape index (κ1) is 32.3. The van der Waals surface area contributed by atoms with E-state index in [9.17, 15) is 18.0 Å². The Morgan fingerprint density at radius 3 is 2.37 bits per heavy atom. The summed E-state index contributed by atoms with van der Waals surface area (Å²) < 4.78 is 64.8. The Morgan fingerprint density at radius 2 is 1.72 bits per heavy atom. The molecule has 0 aliphatic carbocycles. The summed E-state index contributed by atoms with van der Waals surface area (Å²) in [5.41, 5.74) is 4.03. The van der Waals surface area contributed by atoms with E-state index < -0.39 is 18.6 Å². The van der Waals surface area contributed by atoms with Crippen LogP contribution in [0.3, 0.4) is 0 Å². The third-order valence-corrected chi connectivity index (χ3v) is 7.74. The Bertz CT molecular complexity index is 1930. The lowest BCUT2D eigenvalue weighted by atomic mass is 10.0. The molecule has 0 spiro atoms. The number of hydrogen-bond acceptors (Lipinski definition) is 6. The maximum absolute atomic E-state index is 15.0. The third kappa shape index (κ3) is 7.57. The predicted octanol–water partition coefficient (Wildman–Crippen LogP) is 7.93. The number of rotatable bonds is 8. The van der Waals surface area contributed by atoms with Gasteiger partial charge in [0.1, 0.15) is 17.8 Å². The number of aliphatic imine (C=N–C) groups is 1. The van der Waals surface area contributed by atoms with E-state index in [-0.39, 0.29) is 17.2 Å². The van der Waals surface area contributed by atoms with Crippen LogP contribution in [-0.4, -0.2) is 45.0 Å². The Kier molecular flexibility index (Phi) is 9.46. The number of nitrogens with zero attached hydrogens (tertiary/aromatic N) is 6. The summed E-state index contributed by atoms with van der Waals surface area (Å²) in [5.74, 6) is 0.820. The first-order valence-corrected chi connectivity index (χ1v) is 14.8. The monoisotopic (exact) mass is 652 g/mol. The molecule has 5 rings (SSSR count). The molecule has 3 aromatic carbocycles. The fraction of sp³-hybridized carbons (Fsp3) is 0.219. The van der Waals surface area contributed by atoms with Crippen LogP contribution in [-0.2, 0) is 0 Å². The number of amides is 2. The molecule has 14 heteroatoms. The summed E-state index contributed by atoms with van der Waals surface area (Å²) in [6.07, 6.45) is -4.17. The number of carbonyl (C=O) groups is 1. The van der Waals surface area contributed by atoms with Gasteiger partial charge in [-0.05, 0) is 54.3 Å². The number of alkyl halides is 4. The average Bonchev–Trinajstić information content (AvgIpc) is 3.66. The smallest absolute Gasteiger partial charge is 0.497 e. The maximum atomic E-state index is 15.0. The molecular formula is C32H28F4N6O3S. The normalized spacial score (nSPS) is 13.0. The lowest BCUT2D eigenvalue weighted by Gasteiger charge is -2.16. The van der Waals surface area contributed by atoms with E-state index in [1.807, 2.05) is 35.1 Å². The molecule has 0 aliphatic heterocycles. The third-order valence-electron chi connectivity index (χ3n) is 6.80. The van der Waals surface area contributed by atoms with Crippen LogP contribution in [0.2, 0.25) is 0 Å². The summed E-state index contributed by atoms with van der Waals surface area (Å²) in [5, 5.41) is 6.22. The van der Waals surface area contributed by atoms with Crippen molar-refractivity contribution in [3.8, 4) is 34.3 Å². The molecule has 2 aromatic heterocycles. The Morgan fingerprint density at radius 1 is 1.02 bits per heavy atom. The van der Waals surface area contributed by atoms with E-state index in [4.69, 9.17) is 4.74 Å². The van der Waals surface area contributed by atoms with Crippen LogP contribution in [0.5, 0.6) is 11.5 Å². The fourth-order valence-electron chi connectivity index (χ4n) is 4.56. The van der Waals surface area contributed by atoms with Gasteiger partial charge in [-0.3, -0.25) is 4.57 Å². The van der Waals surface area contributed by atoms with Gasteiger partial charge in [0.05, 0.1) is 18.5 Å². The van der Waals surface area contributed by atoms with Crippen molar-refractivity contribution < 1.29 is 31.8 Å². The summed E-state index contributed by atoms with van der Waals surface area (Å²) >= 11 is 1.27. The number of benzene rings is 3. The van der Waals surface area contributed by atoms with Gasteiger partial charge >= 0.3 is 12.4 Å². The van der Waals surface area contributed by atoms with Crippen LogP contribution in [0.1, 0.15) is 42.8 Å². The van der Waals surface area contributed by atoms with Gasteiger partial charge < -0.3 is 9.47 Å². The molecule has 1 unspecified atom stereocenters. The second kappa shape index (κ2) is 13.5. The number of thiazole rings is 1. The van der Waals surface area contributed by atoms with Crippen LogP contribution in [0, 0.1) is 6.92 Å². The van der Waals surface area contributed by atoms with Crippen molar-refractivity contribution >= 4 is 23.6 Å². The number of carbonyl (C=O) groups excluding carboxylic acids is 1. The van der Waals surface area contributed by atoms with Gasteiger partial charge in [0.25, 0.3) is 0 Å². The quantitative estimate of drug-likeness (QED) is 0.125. The van der Waals surface area contributed by atoms with Crippen LogP contribution in [0.15, 0.2) is 88.4 Å². The maximum Gasteiger partial charge on any atom is 0.573 e. The molecule has 0 aliphatic rings. The van der Waals surface area contributed by atoms with E-state index in [2.05, 4.69) is 38.7 Å². The minimum absolute atomic E-state index is 0.196. The molecular weight excluding hydrogens is 624 g/mol. The predicted molar refractivity (Wildman–Crippen MR) is 166 cm³/mol. The van der Waals surface area contributed by atoms with Gasteiger partial charge in [0.15, 0.2) is 16.8 Å². The highest BCUT2D eigenvalue weighted by Crippen LogP contribution is 2.28. The highest BCUT2D eigenvalue weighted by Gasteiger charge is 2.31. The molecule has 238 valence electrons. The summed E-state index contributed by atoms with van der Waals surface area (Å²) in [6.45, 7) is 6.04. The molecule has 46 heavy (non-hydrogen) atoms. The topological polar surface area (TPSA) is 95.9 Å². The first-order valence-electron chi connectivity index (χ1n) is 13.9. The highest BCUT2D eigenvalue weighted by molar-refractivity contribution is 7.07. The minimum Gasteiger partial charge on any atom is -0.497 e. The molecule has 2 heterocycles. The standard InChI is InChI=1S/C32H28F4N6O3S/c1-19(2)26-14-13-25(44-4)15-28(26)42-20(3)17-46-31(42)39-30(43)37-16-27(33)21-5-7-22(8-6-21)29-38-18-41(40-29)23-9-11-24(12-10-23)45-32(34,35)36/h5-19,27H,1-4H3. The minimum atomic E-state index is -4.79. The SMILES string of the molecule is COc1ccc(C(C)C)c(-n2c(C)csc2=NC(=O)N=CC(F)c2ccc(-c3ncn(-c4ccc(OC(F)(F)F)cc4)n3)cc2)c1. The van der Waals surface area contributed by atoms with Gasteiger partial charge in [-0.1, -0.05) is 44.2 Å². The van der Waals surface area contributed by atoms with Gasteiger partial charge in [-0.15, -0.1) is 29.6 Å². The van der Waals surface area contributed by atoms with Crippen LogP contribution in [0.4, 0.5) is 22.4 Å². The van der Waals surface area contributed by atoms with E-state index in [1.165, 1.54) is 58.7 Å². The van der Waals surface area contributed by atoms with Crippen molar-refractivity contribution in [3.63, 3.8) is 0 Å². The Balaban J connectivity index is 1.28. The van der Waals surface area contributed by atoms with E-state index in [0.29, 0.717) is 27.6 Å². The molecule has 0 fully saturated rings. The second-order valence-corrected chi connectivity index (χ2v) is 11.2. The van der Waals surface area contributed by atoms with Crippen molar-refractivity contribution in [3.05, 3.63) is 100 Å². The first-order chi connectivity index (χ1) is 21.9. The van der Waals surface area contributed by atoms with Gasteiger partial charge in [-0.2, -0.15) is 4.99 Å². The molecule has 2 amide bonds. The summed E-state index contributed by atoms with van der Waals surface area (Å²) in [6, 6.07) is 16.3. The molecule has 9 nitrogen and oxygen atoms in total. The van der Waals surface area contributed by atoms with Gasteiger partial charge in [-0.25, -0.2) is 23.8 Å². The lowest BCUT2D eigenvalue weighted by Crippen LogP contribution is -2.18. The largest absolute Gasteiger partial charge is 0.573 e. The zero-order valence-corrected chi connectivity index (χ0v) is 25.9. The van der Waals surface area contributed by atoms with Crippen LogP contribution in [0.25, 0.3) is 22.8 Å². The molecule has 0 radical (unpaired) electrons. The van der Waals surface area contributed by atoms with Crippen molar-refractivity contribution in [2.75, 3.05) is 7.11 Å². The van der Waals surface area contributed by atoms with E-state index in [1.54, 1.807) is 19.2 Å². The van der Waals surface area contributed by atoms with Crippen LogP contribution < -0.4 is 14.3 Å². The molecule has 5 aromatic rings. The molecule has 0 saturated carbocycles. The summed E-state index contributed by atoms with van der Waals surface area (Å²) in [4.78, 5) is 25.2. The van der Waals surface area contributed by atoms with Crippen molar-refractivity contribution in [1.82, 2.24) is 19.3 Å². The molecule has 1 atom stereocenters. The Hall–Kier alpha value is -5.11. The van der Waals surface area contributed by atoms with Gasteiger partial charge in [0.2, 0.25) is 0 Å². The highest BCUT2D eigenvalue weighted by atomic mass is 32.1. The number of methoxy groups -OCH3 is 1. The molecule has 0 bridgehead atoms. The zero-order chi connectivity index (χ0) is 33.0. The zero-order valence-electron chi connectivity index (χ0n) is 25.1.